The molecule has 2 fully saturated rings. The van der Waals surface area contributed by atoms with Crippen molar-refractivity contribution in [1.29, 1.82) is 0 Å². The van der Waals surface area contributed by atoms with Gasteiger partial charge in [0.25, 0.3) is 0 Å². The molecule has 1 N–H and O–H groups in total. The van der Waals surface area contributed by atoms with Gasteiger partial charge < -0.3 is 19.7 Å². The monoisotopic (exact) mass is 635 g/mol. The summed E-state index contributed by atoms with van der Waals surface area (Å²) in [4.78, 5) is 16.6. The van der Waals surface area contributed by atoms with Crippen molar-refractivity contribution in [2.45, 2.75) is 44.7 Å². The van der Waals surface area contributed by atoms with E-state index in [1.807, 2.05) is 59.1 Å². The number of pyridine rings is 3. The van der Waals surface area contributed by atoms with Crippen LogP contribution in [0.4, 0.5) is 10.2 Å². The van der Waals surface area contributed by atoms with E-state index < -0.39 is 0 Å². The van der Waals surface area contributed by atoms with E-state index >= 15 is 0 Å². The second-order valence-electron chi connectivity index (χ2n) is 11.9. The van der Waals surface area contributed by atoms with E-state index in [9.17, 15) is 4.39 Å². The second kappa shape index (κ2) is 13.9. The molecule has 7 heterocycles. The lowest BCUT2D eigenvalue weighted by molar-refractivity contribution is 0.0662. The Hall–Kier alpha value is -4.86. The van der Waals surface area contributed by atoms with Crippen molar-refractivity contribution in [3.8, 4) is 34.7 Å². The van der Waals surface area contributed by atoms with Crippen molar-refractivity contribution < 1.29 is 13.9 Å². The Morgan fingerprint density at radius 1 is 1.02 bits per heavy atom. The fraction of sp³-hybridized carbons (Fsp3) is 0.400. The number of aromatic nitrogens is 7. The molecule has 242 valence electrons. The maximum absolute atomic E-state index is 12.8. The summed E-state index contributed by atoms with van der Waals surface area (Å²) in [7, 11) is 1.64. The number of nitrogens with zero attached hydrogens (tertiary/aromatic N) is 8. The Bertz CT molecular complexity index is 1910. The third-order valence-electron chi connectivity index (χ3n) is 8.94. The molecule has 12 heteroatoms. The summed E-state index contributed by atoms with van der Waals surface area (Å²) in [5.74, 6) is 8.91. The number of alkyl halides is 1. The molecule has 0 amide bonds. The van der Waals surface area contributed by atoms with Gasteiger partial charge in [-0.1, -0.05) is 11.8 Å². The highest BCUT2D eigenvalue weighted by atomic mass is 19.1. The van der Waals surface area contributed by atoms with Crippen molar-refractivity contribution in [2.24, 2.45) is 0 Å². The van der Waals surface area contributed by atoms with Gasteiger partial charge >= 0.3 is 0 Å². The molecule has 5 aromatic rings. The zero-order valence-corrected chi connectivity index (χ0v) is 26.7. The second-order valence-corrected chi connectivity index (χ2v) is 11.9. The Morgan fingerprint density at radius 2 is 1.87 bits per heavy atom. The molecule has 2 aliphatic rings. The quantitative estimate of drug-likeness (QED) is 0.244. The average Bonchev–Trinajstić information content (AvgIpc) is 3.78. The van der Waals surface area contributed by atoms with Gasteiger partial charge in [-0.2, -0.15) is 10.2 Å². The molecule has 0 radical (unpaired) electrons. The van der Waals surface area contributed by atoms with Crippen LogP contribution in [0.2, 0.25) is 0 Å². The minimum atomic E-state index is -0.364. The molecule has 0 unspecified atom stereocenters. The van der Waals surface area contributed by atoms with Crippen molar-refractivity contribution in [1.82, 2.24) is 39.8 Å². The zero-order chi connectivity index (χ0) is 32.2. The predicted molar refractivity (Wildman–Crippen MR) is 178 cm³/mol. The molecular formula is C35H38FN9O2. The first-order valence-electron chi connectivity index (χ1n) is 16.1. The summed E-state index contributed by atoms with van der Waals surface area (Å²) in [6, 6.07) is 8.43. The Balaban J connectivity index is 1.25. The SMILES string of the molecule is COc1ccncc1-c1cc2c(cnn2-c2ccc(C#Cc3cnn(C4CCOCC4)c3)c(N3CCC(NCCF)CC3)n2)c(C)n1. The van der Waals surface area contributed by atoms with Crippen LogP contribution in [0.1, 0.15) is 48.5 Å². The van der Waals surface area contributed by atoms with E-state index in [1.54, 1.807) is 19.5 Å². The minimum Gasteiger partial charge on any atom is -0.496 e. The van der Waals surface area contributed by atoms with Gasteiger partial charge in [0.1, 0.15) is 18.2 Å². The van der Waals surface area contributed by atoms with E-state index in [0.29, 0.717) is 24.2 Å². The van der Waals surface area contributed by atoms with Gasteiger partial charge in [-0.25, -0.2) is 14.1 Å². The number of aryl methyl sites for hydroxylation is 1. The molecule has 0 aromatic carbocycles. The summed E-state index contributed by atoms with van der Waals surface area (Å²) in [6.45, 7) is 5.07. The average molecular weight is 636 g/mol. The molecule has 2 saturated heterocycles. The molecule has 47 heavy (non-hydrogen) atoms. The number of ether oxygens (including phenoxy) is 2. The summed E-state index contributed by atoms with van der Waals surface area (Å²) >= 11 is 0. The first-order valence-corrected chi connectivity index (χ1v) is 16.1. The molecule has 5 aromatic heterocycles. The van der Waals surface area contributed by atoms with Crippen LogP contribution in [0.25, 0.3) is 28.0 Å². The third-order valence-corrected chi connectivity index (χ3v) is 8.94. The Kier molecular flexibility index (Phi) is 9.08. The smallest absolute Gasteiger partial charge is 0.156 e. The topological polar surface area (TPSA) is 108 Å². The van der Waals surface area contributed by atoms with Gasteiger partial charge in [0.2, 0.25) is 0 Å². The van der Waals surface area contributed by atoms with E-state index in [1.165, 1.54) is 0 Å². The fourth-order valence-electron chi connectivity index (χ4n) is 6.39. The van der Waals surface area contributed by atoms with Crippen LogP contribution in [0.3, 0.4) is 0 Å². The molecule has 2 aliphatic heterocycles. The number of methoxy groups -OCH3 is 1. The molecule has 11 nitrogen and oxygen atoms in total. The van der Waals surface area contributed by atoms with Gasteiger partial charge in [0.05, 0.1) is 53.4 Å². The standard InChI is InChI=1S/C35H38FN9O2/c1-24-29-22-40-45(32(29)19-31(41-24)30-21-37-13-7-33(30)46-2)34-6-5-26(35(42-34)43-15-8-27(9-16-43)38-14-12-36)4-3-25-20-39-44(23-25)28-10-17-47-18-11-28/h5-7,13,19-23,27-28,38H,8-12,14-18H2,1-2H3. The number of anilines is 1. The van der Waals surface area contributed by atoms with E-state index in [-0.39, 0.29) is 12.7 Å². The van der Waals surface area contributed by atoms with Gasteiger partial charge in [-0.15, -0.1) is 0 Å². The van der Waals surface area contributed by atoms with Gasteiger partial charge in [0, 0.05) is 68.6 Å². The number of halogens is 1. The molecular weight excluding hydrogens is 597 g/mol. The largest absolute Gasteiger partial charge is 0.496 e. The lowest BCUT2D eigenvalue weighted by Gasteiger charge is -2.33. The van der Waals surface area contributed by atoms with Crippen LogP contribution >= 0.6 is 0 Å². The zero-order valence-electron chi connectivity index (χ0n) is 26.7. The van der Waals surface area contributed by atoms with Crippen LogP contribution < -0.4 is 15.0 Å². The highest BCUT2D eigenvalue weighted by Gasteiger charge is 2.23. The maximum Gasteiger partial charge on any atom is 0.156 e. The normalized spacial score (nSPS) is 15.9. The van der Waals surface area contributed by atoms with Gasteiger partial charge in [-0.05, 0) is 56.9 Å². The van der Waals surface area contributed by atoms with E-state index in [4.69, 9.17) is 24.5 Å². The number of nitrogens with one attached hydrogen (secondary N) is 1. The third kappa shape index (κ3) is 6.54. The van der Waals surface area contributed by atoms with Crippen LogP contribution in [0.15, 0.2) is 55.2 Å². The fourth-order valence-corrected chi connectivity index (χ4v) is 6.39. The number of fused-ring (bicyclic) bond motifs is 1. The van der Waals surface area contributed by atoms with E-state index in [0.717, 1.165) is 96.8 Å². The summed E-state index contributed by atoms with van der Waals surface area (Å²) in [5, 5.41) is 13.6. The lowest BCUT2D eigenvalue weighted by atomic mass is 10.0. The lowest BCUT2D eigenvalue weighted by Crippen LogP contribution is -2.43. The highest BCUT2D eigenvalue weighted by Crippen LogP contribution is 2.32. The highest BCUT2D eigenvalue weighted by molar-refractivity contribution is 5.86. The van der Waals surface area contributed by atoms with E-state index in [2.05, 4.69) is 32.1 Å². The number of rotatable bonds is 8. The van der Waals surface area contributed by atoms with Crippen molar-refractivity contribution in [2.75, 3.05) is 51.5 Å². The van der Waals surface area contributed by atoms with Crippen LogP contribution in [0, 0.1) is 18.8 Å². The predicted octanol–water partition coefficient (Wildman–Crippen LogP) is 4.67. The Labute approximate surface area is 273 Å². The molecule has 0 atom stereocenters. The first-order chi connectivity index (χ1) is 23.1. The van der Waals surface area contributed by atoms with Crippen molar-refractivity contribution >= 4 is 16.7 Å². The molecule has 0 saturated carbocycles. The first kappa shape index (κ1) is 30.8. The van der Waals surface area contributed by atoms with Crippen molar-refractivity contribution in [3.63, 3.8) is 0 Å². The van der Waals surface area contributed by atoms with Crippen LogP contribution in [0.5, 0.6) is 5.75 Å². The Morgan fingerprint density at radius 3 is 2.68 bits per heavy atom. The summed E-state index contributed by atoms with van der Waals surface area (Å²) in [6.07, 6.45) is 12.8. The minimum absolute atomic E-state index is 0.282. The summed E-state index contributed by atoms with van der Waals surface area (Å²) < 4.78 is 27.8. The number of piperidine rings is 1. The van der Waals surface area contributed by atoms with Crippen LogP contribution in [-0.4, -0.2) is 87.2 Å². The number of hydrogen-bond acceptors (Lipinski definition) is 9. The van der Waals surface area contributed by atoms with Crippen LogP contribution in [-0.2, 0) is 4.74 Å². The number of hydrogen-bond donors (Lipinski definition) is 1. The van der Waals surface area contributed by atoms with Gasteiger partial charge in [-0.3, -0.25) is 14.6 Å². The molecule has 0 spiro atoms. The molecule has 7 rings (SSSR count). The molecule has 0 bridgehead atoms. The van der Waals surface area contributed by atoms with Gasteiger partial charge in [0.15, 0.2) is 5.82 Å². The van der Waals surface area contributed by atoms with Crippen molar-refractivity contribution in [3.05, 3.63) is 72.1 Å². The summed E-state index contributed by atoms with van der Waals surface area (Å²) in [5.41, 5.74) is 4.97. The maximum atomic E-state index is 12.8. The molecule has 0 aliphatic carbocycles.